The van der Waals surface area contributed by atoms with Gasteiger partial charge in [-0.1, -0.05) is 36.4 Å². The Bertz CT molecular complexity index is 1160. The van der Waals surface area contributed by atoms with Gasteiger partial charge >= 0.3 is 0 Å². The molecular formula is C26H25FN2O2. The summed E-state index contributed by atoms with van der Waals surface area (Å²) in [5.74, 6) is 1.23. The van der Waals surface area contributed by atoms with E-state index in [1.807, 2.05) is 56.6 Å². The van der Waals surface area contributed by atoms with Crippen molar-refractivity contribution in [3.63, 3.8) is 0 Å². The standard InChI is InChI=1S/C26H25FN2O2/c1-29(2)22-12-8-20(9-13-22)5-4-19-6-10-21(11-7-19)26-28-24-18-23(30-17-3-16-27)14-15-25(24)31-26/h4-15,18H,3,16-17H2,1-2H3/b5-4+. The number of aromatic nitrogens is 1. The lowest BCUT2D eigenvalue weighted by Crippen LogP contribution is -2.07. The maximum Gasteiger partial charge on any atom is 0.227 e. The minimum atomic E-state index is -0.385. The molecule has 31 heavy (non-hydrogen) atoms. The fourth-order valence-corrected chi connectivity index (χ4v) is 3.18. The predicted octanol–water partition coefficient (Wildman–Crippen LogP) is 6.47. The number of oxazole rings is 1. The Morgan fingerprint density at radius 3 is 2.26 bits per heavy atom. The topological polar surface area (TPSA) is 38.5 Å². The molecule has 0 spiro atoms. The molecule has 0 N–H and O–H groups in total. The lowest BCUT2D eigenvalue weighted by atomic mass is 10.1. The Kier molecular flexibility index (Phi) is 6.32. The molecule has 0 radical (unpaired) electrons. The first kappa shape index (κ1) is 20.7. The molecule has 0 fully saturated rings. The number of benzene rings is 3. The van der Waals surface area contributed by atoms with Crippen molar-refractivity contribution in [1.29, 1.82) is 0 Å². The minimum Gasteiger partial charge on any atom is -0.493 e. The third-order valence-corrected chi connectivity index (χ3v) is 4.94. The molecule has 3 aromatic carbocycles. The van der Waals surface area contributed by atoms with Gasteiger partial charge in [0.1, 0.15) is 11.3 Å². The highest BCUT2D eigenvalue weighted by Gasteiger charge is 2.09. The van der Waals surface area contributed by atoms with Gasteiger partial charge in [-0.15, -0.1) is 0 Å². The van der Waals surface area contributed by atoms with E-state index >= 15 is 0 Å². The van der Waals surface area contributed by atoms with Gasteiger partial charge in [-0.05, 0) is 47.5 Å². The van der Waals surface area contributed by atoms with E-state index in [9.17, 15) is 4.39 Å². The van der Waals surface area contributed by atoms with Crippen molar-refractivity contribution < 1.29 is 13.5 Å². The average Bonchev–Trinajstić information content (AvgIpc) is 3.22. The summed E-state index contributed by atoms with van der Waals surface area (Å²) in [6.07, 6.45) is 4.56. The summed E-state index contributed by atoms with van der Waals surface area (Å²) in [5, 5.41) is 0. The monoisotopic (exact) mass is 416 g/mol. The zero-order chi connectivity index (χ0) is 21.6. The normalized spacial score (nSPS) is 11.3. The van der Waals surface area contributed by atoms with Gasteiger partial charge in [0.15, 0.2) is 5.58 Å². The first-order chi connectivity index (χ1) is 15.1. The number of nitrogens with zero attached hydrogens (tertiary/aromatic N) is 2. The van der Waals surface area contributed by atoms with Crippen LogP contribution in [-0.2, 0) is 0 Å². The van der Waals surface area contributed by atoms with Crippen LogP contribution in [0.4, 0.5) is 10.1 Å². The van der Waals surface area contributed by atoms with Crippen LogP contribution in [0.5, 0.6) is 5.75 Å². The first-order valence-corrected chi connectivity index (χ1v) is 10.3. The number of ether oxygens (including phenoxy) is 1. The van der Waals surface area contributed by atoms with Crippen molar-refractivity contribution in [3.8, 4) is 17.2 Å². The van der Waals surface area contributed by atoms with Gasteiger partial charge in [0.2, 0.25) is 5.89 Å². The minimum absolute atomic E-state index is 0.349. The van der Waals surface area contributed by atoms with Gasteiger partial charge in [-0.25, -0.2) is 4.98 Å². The summed E-state index contributed by atoms with van der Waals surface area (Å²) in [6.45, 7) is -0.0360. The van der Waals surface area contributed by atoms with Crippen molar-refractivity contribution >= 4 is 28.9 Å². The Morgan fingerprint density at radius 1 is 0.935 bits per heavy atom. The van der Waals surface area contributed by atoms with E-state index in [0.717, 1.165) is 22.2 Å². The van der Waals surface area contributed by atoms with Crippen molar-refractivity contribution in [2.45, 2.75) is 6.42 Å². The van der Waals surface area contributed by atoms with E-state index in [1.54, 1.807) is 0 Å². The number of anilines is 1. The molecule has 158 valence electrons. The third kappa shape index (κ3) is 5.12. The van der Waals surface area contributed by atoms with Crippen molar-refractivity contribution in [2.75, 3.05) is 32.3 Å². The Hall–Kier alpha value is -3.60. The zero-order valence-electron chi connectivity index (χ0n) is 17.7. The van der Waals surface area contributed by atoms with Gasteiger partial charge in [-0.2, -0.15) is 0 Å². The second-order valence-corrected chi connectivity index (χ2v) is 7.48. The molecule has 4 nitrogen and oxygen atoms in total. The second kappa shape index (κ2) is 9.47. The molecule has 0 atom stereocenters. The van der Waals surface area contributed by atoms with E-state index in [2.05, 4.69) is 46.3 Å². The van der Waals surface area contributed by atoms with Crippen LogP contribution in [0.2, 0.25) is 0 Å². The number of hydrogen-bond acceptors (Lipinski definition) is 4. The van der Waals surface area contributed by atoms with Gasteiger partial charge < -0.3 is 14.1 Å². The lowest BCUT2D eigenvalue weighted by molar-refractivity contribution is 0.290. The van der Waals surface area contributed by atoms with Crippen LogP contribution in [0.25, 0.3) is 34.7 Å². The van der Waals surface area contributed by atoms with Crippen LogP contribution in [0, 0.1) is 0 Å². The largest absolute Gasteiger partial charge is 0.493 e. The lowest BCUT2D eigenvalue weighted by Gasteiger charge is -2.11. The van der Waals surface area contributed by atoms with E-state index in [1.165, 1.54) is 5.69 Å². The van der Waals surface area contributed by atoms with Gasteiger partial charge in [0.25, 0.3) is 0 Å². The van der Waals surface area contributed by atoms with Gasteiger partial charge in [0, 0.05) is 37.8 Å². The van der Waals surface area contributed by atoms with E-state index in [4.69, 9.17) is 9.15 Å². The number of alkyl halides is 1. The number of rotatable bonds is 8. The van der Waals surface area contributed by atoms with Crippen LogP contribution >= 0.6 is 0 Å². The quantitative estimate of drug-likeness (QED) is 0.244. The van der Waals surface area contributed by atoms with E-state index in [0.29, 0.717) is 30.3 Å². The summed E-state index contributed by atoms with van der Waals surface area (Å²) in [6, 6.07) is 22.0. The molecule has 0 aliphatic rings. The SMILES string of the molecule is CN(C)c1ccc(/C=C/c2ccc(-c3nc4cc(OCCCF)ccc4o3)cc2)cc1. The van der Waals surface area contributed by atoms with Gasteiger partial charge in [0.05, 0.1) is 13.3 Å². The summed E-state index contributed by atoms with van der Waals surface area (Å²) in [4.78, 5) is 6.66. The van der Waals surface area contributed by atoms with Crippen LogP contribution in [0.15, 0.2) is 71.1 Å². The van der Waals surface area contributed by atoms with Crippen LogP contribution in [0.3, 0.4) is 0 Å². The van der Waals surface area contributed by atoms with Crippen LogP contribution in [-0.4, -0.2) is 32.4 Å². The fourth-order valence-electron chi connectivity index (χ4n) is 3.18. The van der Waals surface area contributed by atoms with Crippen molar-refractivity contribution in [3.05, 3.63) is 77.9 Å². The summed E-state index contributed by atoms with van der Waals surface area (Å²) >= 11 is 0. The molecule has 0 aliphatic carbocycles. The number of halogens is 1. The molecule has 0 aliphatic heterocycles. The molecule has 0 bridgehead atoms. The van der Waals surface area contributed by atoms with Crippen LogP contribution < -0.4 is 9.64 Å². The van der Waals surface area contributed by atoms with Crippen molar-refractivity contribution in [2.24, 2.45) is 0 Å². The third-order valence-electron chi connectivity index (χ3n) is 4.94. The van der Waals surface area contributed by atoms with E-state index < -0.39 is 0 Å². The molecule has 1 heterocycles. The summed E-state index contributed by atoms with van der Waals surface area (Å²) < 4.78 is 23.7. The summed E-state index contributed by atoms with van der Waals surface area (Å²) in [7, 11) is 4.07. The van der Waals surface area contributed by atoms with E-state index in [-0.39, 0.29) is 6.67 Å². The van der Waals surface area contributed by atoms with Crippen molar-refractivity contribution in [1.82, 2.24) is 4.98 Å². The number of hydrogen-bond donors (Lipinski definition) is 0. The maximum atomic E-state index is 12.2. The molecule has 4 rings (SSSR count). The smallest absolute Gasteiger partial charge is 0.227 e. The Balaban J connectivity index is 1.46. The molecule has 0 amide bonds. The molecular weight excluding hydrogens is 391 g/mol. The molecule has 0 saturated carbocycles. The maximum absolute atomic E-state index is 12.2. The highest BCUT2D eigenvalue weighted by Crippen LogP contribution is 2.27. The molecule has 0 unspecified atom stereocenters. The second-order valence-electron chi connectivity index (χ2n) is 7.48. The molecule has 0 saturated heterocycles. The van der Waals surface area contributed by atoms with Crippen LogP contribution in [0.1, 0.15) is 17.5 Å². The highest BCUT2D eigenvalue weighted by molar-refractivity contribution is 5.78. The Labute approximate surface area is 181 Å². The molecule has 1 aromatic heterocycles. The Morgan fingerprint density at radius 2 is 1.61 bits per heavy atom. The fraction of sp³-hybridized carbons (Fsp3) is 0.192. The number of fused-ring (bicyclic) bond motifs is 1. The molecule has 4 aromatic rings. The zero-order valence-corrected chi connectivity index (χ0v) is 17.7. The summed E-state index contributed by atoms with van der Waals surface area (Å²) in [5.41, 5.74) is 5.75. The highest BCUT2D eigenvalue weighted by atomic mass is 19.1. The predicted molar refractivity (Wildman–Crippen MR) is 125 cm³/mol. The average molecular weight is 416 g/mol. The van der Waals surface area contributed by atoms with Gasteiger partial charge in [-0.3, -0.25) is 4.39 Å². The first-order valence-electron chi connectivity index (χ1n) is 10.3. The molecule has 5 heteroatoms.